The van der Waals surface area contributed by atoms with Gasteiger partial charge in [-0.3, -0.25) is 14.9 Å². The minimum atomic E-state index is -0.496. The number of aromatic nitrogens is 4. The van der Waals surface area contributed by atoms with Gasteiger partial charge in [-0.2, -0.15) is 0 Å². The molecule has 110 valence electrons. The molecule has 0 aliphatic carbocycles. The summed E-state index contributed by atoms with van der Waals surface area (Å²) in [5, 5.41) is 15.9. The van der Waals surface area contributed by atoms with Gasteiger partial charge in [0.15, 0.2) is 0 Å². The Hall–Kier alpha value is -2.48. The maximum Gasteiger partial charge on any atom is 0.259 e. The highest BCUT2D eigenvalue weighted by Gasteiger charge is 2.18. The van der Waals surface area contributed by atoms with E-state index in [1.165, 1.54) is 10.7 Å². The lowest BCUT2D eigenvalue weighted by atomic mass is 10.1. The molecule has 0 aliphatic rings. The number of carbonyl (C=O) groups excluding carboxylic acids is 2. The lowest BCUT2D eigenvalue weighted by molar-refractivity contribution is 0.0956. The van der Waals surface area contributed by atoms with E-state index in [1.807, 2.05) is 0 Å². The van der Waals surface area contributed by atoms with Crippen molar-refractivity contribution < 1.29 is 9.59 Å². The minimum Gasteiger partial charge on any atom is -0.352 e. The molecule has 0 spiro atoms. The van der Waals surface area contributed by atoms with Gasteiger partial charge in [-0.25, -0.2) is 4.68 Å². The number of tetrazole rings is 1. The van der Waals surface area contributed by atoms with Crippen LogP contribution in [-0.2, 0) is 7.05 Å². The van der Waals surface area contributed by atoms with Crippen LogP contribution in [0.4, 0.5) is 5.95 Å². The van der Waals surface area contributed by atoms with Crippen LogP contribution in [0.1, 0.15) is 27.6 Å². The predicted octanol–water partition coefficient (Wildman–Crippen LogP) is 0.865. The SMILES string of the molecule is CCNC(=O)c1cccc(C(=O)Nc2nnnn2C)c1Cl. The molecule has 9 heteroatoms. The molecule has 0 aliphatic heterocycles. The maximum absolute atomic E-state index is 12.2. The fraction of sp³-hybridized carbons (Fsp3) is 0.250. The molecular weight excluding hydrogens is 296 g/mol. The molecule has 0 unspecified atom stereocenters. The van der Waals surface area contributed by atoms with E-state index in [4.69, 9.17) is 11.6 Å². The van der Waals surface area contributed by atoms with Crippen molar-refractivity contribution in [1.29, 1.82) is 0 Å². The van der Waals surface area contributed by atoms with Gasteiger partial charge in [-0.15, -0.1) is 0 Å². The first-order valence-electron chi connectivity index (χ1n) is 6.15. The maximum atomic E-state index is 12.2. The van der Waals surface area contributed by atoms with Crippen LogP contribution >= 0.6 is 11.6 Å². The summed E-state index contributed by atoms with van der Waals surface area (Å²) in [5.74, 6) is -0.652. The largest absolute Gasteiger partial charge is 0.352 e. The lowest BCUT2D eigenvalue weighted by Gasteiger charge is -2.09. The normalized spacial score (nSPS) is 10.2. The Morgan fingerprint density at radius 3 is 2.52 bits per heavy atom. The number of amides is 2. The van der Waals surface area contributed by atoms with E-state index in [-0.39, 0.29) is 28.0 Å². The Morgan fingerprint density at radius 2 is 1.95 bits per heavy atom. The summed E-state index contributed by atoms with van der Waals surface area (Å²) in [6, 6.07) is 4.65. The highest BCUT2D eigenvalue weighted by Crippen LogP contribution is 2.22. The minimum absolute atomic E-state index is 0.0797. The Morgan fingerprint density at radius 1 is 1.29 bits per heavy atom. The van der Waals surface area contributed by atoms with Crippen LogP contribution < -0.4 is 10.6 Å². The summed E-state index contributed by atoms with van der Waals surface area (Å²) in [5.41, 5.74) is 0.408. The summed E-state index contributed by atoms with van der Waals surface area (Å²) >= 11 is 6.13. The Bertz CT molecular complexity index is 684. The van der Waals surface area contributed by atoms with Crippen LogP contribution in [0.15, 0.2) is 18.2 Å². The summed E-state index contributed by atoms with van der Waals surface area (Å²) in [6.07, 6.45) is 0. The molecule has 0 radical (unpaired) electrons. The molecule has 1 heterocycles. The smallest absolute Gasteiger partial charge is 0.259 e. The van der Waals surface area contributed by atoms with Crippen LogP contribution in [0.3, 0.4) is 0 Å². The summed E-state index contributed by atoms with van der Waals surface area (Å²) in [6.45, 7) is 2.26. The van der Waals surface area contributed by atoms with Crippen molar-refractivity contribution in [3.63, 3.8) is 0 Å². The molecule has 0 atom stereocenters. The molecule has 1 aromatic heterocycles. The Labute approximate surface area is 125 Å². The zero-order chi connectivity index (χ0) is 15.4. The molecule has 2 N–H and O–H groups in total. The molecule has 2 rings (SSSR count). The van der Waals surface area contributed by atoms with Crippen LogP contribution in [0, 0.1) is 0 Å². The van der Waals surface area contributed by atoms with E-state index < -0.39 is 5.91 Å². The first kappa shape index (κ1) is 14.9. The van der Waals surface area contributed by atoms with Crippen molar-refractivity contribution in [3.05, 3.63) is 34.3 Å². The van der Waals surface area contributed by atoms with Gasteiger partial charge in [0.2, 0.25) is 5.95 Å². The van der Waals surface area contributed by atoms with Crippen molar-refractivity contribution in [2.24, 2.45) is 7.05 Å². The quantitative estimate of drug-likeness (QED) is 0.872. The molecule has 0 fully saturated rings. The number of hydrogen-bond acceptors (Lipinski definition) is 5. The van der Waals surface area contributed by atoms with Gasteiger partial charge >= 0.3 is 0 Å². The van der Waals surface area contributed by atoms with Crippen molar-refractivity contribution in [3.8, 4) is 0 Å². The first-order chi connectivity index (χ1) is 10.0. The van der Waals surface area contributed by atoms with E-state index in [2.05, 4.69) is 26.2 Å². The van der Waals surface area contributed by atoms with E-state index in [0.29, 0.717) is 6.54 Å². The topological polar surface area (TPSA) is 102 Å². The second-order valence-electron chi connectivity index (χ2n) is 4.11. The molecule has 0 saturated carbocycles. The Balaban J connectivity index is 2.28. The van der Waals surface area contributed by atoms with Gasteiger partial charge in [0.25, 0.3) is 11.8 Å². The van der Waals surface area contributed by atoms with Crippen molar-refractivity contribution >= 4 is 29.4 Å². The summed E-state index contributed by atoms with van der Waals surface area (Å²) in [7, 11) is 1.59. The number of rotatable bonds is 4. The molecule has 8 nitrogen and oxygen atoms in total. The third kappa shape index (κ3) is 3.16. The molecule has 1 aromatic carbocycles. The molecule has 21 heavy (non-hydrogen) atoms. The number of nitrogens with one attached hydrogen (secondary N) is 2. The highest BCUT2D eigenvalue weighted by molar-refractivity contribution is 6.37. The van der Waals surface area contributed by atoms with Crippen molar-refractivity contribution in [2.45, 2.75) is 6.92 Å². The third-order valence-corrected chi connectivity index (χ3v) is 3.08. The fourth-order valence-electron chi connectivity index (χ4n) is 1.64. The van der Waals surface area contributed by atoms with Gasteiger partial charge in [-0.05, 0) is 29.5 Å². The number of anilines is 1. The van der Waals surface area contributed by atoms with Crippen LogP contribution in [-0.4, -0.2) is 38.6 Å². The average Bonchev–Trinajstić information content (AvgIpc) is 2.84. The molecule has 2 amide bonds. The highest BCUT2D eigenvalue weighted by atomic mass is 35.5. The van der Waals surface area contributed by atoms with Gasteiger partial charge in [0.1, 0.15) is 0 Å². The molecule has 0 saturated heterocycles. The lowest BCUT2D eigenvalue weighted by Crippen LogP contribution is -2.24. The number of halogens is 1. The molecule has 0 bridgehead atoms. The van der Waals surface area contributed by atoms with Gasteiger partial charge < -0.3 is 5.32 Å². The zero-order valence-electron chi connectivity index (χ0n) is 11.4. The van der Waals surface area contributed by atoms with Gasteiger partial charge in [0, 0.05) is 13.6 Å². The standard InChI is InChI=1S/C12H13ClN6O2/c1-3-14-10(20)7-5-4-6-8(9(7)13)11(21)15-12-16-17-18-19(12)2/h4-6H,3H2,1-2H3,(H,14,20)(H,15,16,18,21). The number of aryl methyl sites for hydroxylation is 1. The second kappa shape index (κ2) is 6.31. The average molecular weight is 309 g/mol. The third-order valence-electron chi connectivity index (χ3n) is 2.67. The monoisotopic (exact) mass is 308 g/mol. The molecule has 2 aromatic rings. The number of nitrogens with zero attached hydrogens (tertiary/aromatic N) is 4. The van der Waals surface area contributed by atoms with E-state index >= 15 is 0 Å². The number of carbonyl (C=O) groups is 2. The summed E-state index contributed by atoms with van der Waals surface area (Å²) in [4.78, 5) is 24.0. The first-order valence-corrected chi connectivity index (χ1v) is 6.52. The van der Waals surface area contributed by atoms with E-state index in [9.17, 15) is 9.59 Å². The van der Waals surface area contributed by atoms with Crippen molar-refractivity contribution in [2.75, 3.05) is 11.9 Å². The van der Waals surface area contributed by atoms with Crippen LogP contribution in [0.5, 0.6) is 0 Å². The number of hydrogen-bond donors (Lipinski definition) is 2. The van der Waals surface area contributed by atoms with E-state index in [1.54, 1.807) is 26.1 Å². The predicted molar refractivity (Wildman–Crippen MR) is 76.2 cm³/mol. The van der Waals surface area contributed by atoms with Crippen molar-refractivity contribution in [1.82, 2.24) is 25.5 Å². The summed E-state index contributed by atoms with van der Waals surface area (Å²) < 4.78 is 1.31. The Kier molecular flexibility index (Phi) is 4.49. The molecular formula is C12H13ClN6O2. The second-order valence-corrected chi connectivity index (χ2v) is 4.48. The van der Waals surface area contributed by atoms with Gasteiger partial charge in [0.05, 0.1) is 16.1 Å². The fourth-order valence-corrected chi connectivity index (χ4v) is 1.94. The van der Waals surface area contributed by atoms with Crippen LogP contribution in [0.2, 0.25) is 5.02 Å². The van der Waals surface area contributed by atoms with E-state index in [0.717, 1.165) is 0 Å². The van der Waals surface area contributed by atoms with Gasteiger partial charge in [-0.1, -0.05) is 22.8 Å². The number of benzene rings is 1. The zero-order valence-corrected chi connectivity index (χ0v) is 12.2. The van der Waals surface area contributed by atoms with Crippen LogP contribution in [0.25, 0.3) is 0 Å².